The van der Waals surface area contributed by atoms with Gasteiger partial charge in [0.1, 0.15) is 46.5 Å². The second kappa shape index (κ2) is 28.5. The van der Waals surface area contributed by atoms with Crippen molar-refractivity contribution in [3.8, 4) is 0 Å². The molecule has 394 valence electrons. The van der Waals surface area contributed by atoms with Gasteiger partial charge in [0.25, 0.3) is 0 Å². The number of rotatable bonds is 19. The molecular weight excluding hydrogens is 957 g/mol. The first-order valence-corrected chi connectivity index (χ1v) is 23.0. The largest absolute Gasteiger partial charge is 0.481 e. The smallest absolute Gasteiger partial charge is 0.303 e. The molecule has 5 aromatic heterocycles. The Morgan fingerprint density at radius 3 is 1.03 bits per heavy atom. The van der Waals surface area contributed by atoms with Gasteiger partial charge < -0.3 is 30.3 Å². The Kier molecular flexibility index (Phi) is 23.0. The molecule has 2 aliphatic heterocycles. The molecule has 0 bridgehead atoms. The second-order valence-electron chi connectivity index (χ2n) is 16.9. The number of aryl methyl sites for hydroxylation is 8. The first-order valence-electron chi connectivity index (χ1n) is 23.0. The average Bonchev–Trinajstić information content (AvgIpc) is 4.20. The number of imide groups is 2. The fourth-order valence-electron chi connectivity index (χ4n) is 6.84. The summed E-state index contributed by atoms with van der Waals surface area (Å²) in [5.74, 6) is 0.888. The SMILES string of the molecule is Cc1nc(CC(=O)CCC(=O)O)c(C)[nH]1.Cc1nc(CC(=O)CCC(=O)O)c(C)[nH]1.Cc1nc(CC(=O)CCC(=O)O)n[nH]1.Cc1nc(CN2C(=O)CCC2=O)c(C)[nH]1.Cc1nc(CN2C(=O)CCC2=O)n[nH]1. The normalized spacial score (nSPS) is 12.8. The number of nitrogens with one attached hydrogen (secondary N) is 5. The highest BCUT2D eigenvalue weighted by molar-refractivity contribution is 6.02. The lowest BCUT2D eigenvalue weighted by Gasteiger charge is -2.11. The monoisotopic (exact) mass is 1020 g/mol. The third-order valence-corrected chi connectivity index (χ3v) is 10.5. The fraction of sp³-hybridized carbons (Fsp3) is 0.500. The van der Waals surface area contributed by atoms with Crippen LogP contribution in [0.2, 0.25) is 0 Å². The number of aromatic amines is 5. The van der Waals surface area contributed by atoms with E-state index in [1.807, 2.05) is 41.5 Å². The van der Waals surface area contributed by atoms with Crippen LogP contribution in [0.5, 0.6) is 0 Å². The summed E-state index contributed by atoms with van der Waals surface area (Å²) >= 11 is 0. The number of nitrogens with zero attached hydrogens (tertiary/aromatic N) is 9. The molecule has 4 amide bonds. The maximum atomic E-state index is 11.4. The van der Waals surface area contributed by atoms with Gasteiger partial charge >= 0.3 is 17.9 Å². The highest BCUT2D eigenvalue weighted by Crippen LogP contribution is 2.17. The molecule has 8 N–H and O–H groups in total. The topological polar surface area (TPSA) is 407 Å². The van der Waals surface area contributed by atoms with Crippen LogP contribution < -0.4 is 0 Å². The van der Waals surface area contributed by atoms with Crippen molar-refractivity contribution in [1.29, 1.82) is 0 Å². The molecule has 73 heavy (non-hydrogen) atoms. The zero-order valence-corrected chi connectivity index (χ0v) is 42.1. The van der Waals surface area contributed by atoms with E-state index in [9.17, 15) is 47.9 Å². The summed E-state index contributed by atoms with van der Waals surface area (Å²) in [6.45, 7) is 15.1. The minimum absolute atomic E-state index is 0.0307. The Bertz CT molecular complexity index is 2670. The maximum absolute atomic E-state index is 11.4. The Hall–Kier alpha value is -8.39. The van der Waals surface area contributed by atoms with Gasteiger partial charge in [0, 0.05) is 62.0 Å². The lowest BCUT2D eigenvalue weighted by Crippen LogP contribution is -2.28. The van der Waals surface area contributed by atoms with Gasteiger partial charge in [-0.1, -0.05) is 0 Å². The molecule has 2 saturated heterocycles. The van der Waals surface area contributed by atoms with Crippen LogP contribution in [0.15, 0.2) is 0 Å². The molecule has 27 heteroatoms. The number of H-pyrrole nitrogens is 5. The molecule has 0 unspecified atom stereocenters. The number of carbonyl (C=O) groups is 10. The van der Waals surface area contributed by atoms with Crippen LogP contribution in [0.25, 0.3) is 0 Å². The summed E-state index contributed by atoms with van der Waals surface area (Å²) < 4.78 is 0. The van der Waals surface area contributed by atoms with E-state index in [2.05, 4.69) is 60.3 Å². The molecular formula is C46H62N14O13. The molecule has 0 aliphatic carbocycles. The van der Waals surface area contributed by atoms with Gasteiger partial charge in [-0.15, -0.1) is 0 Å². The predicted octanol–water partition coefficient (Wildman–Crippen LogP) is 2.53. The number of imidazole rings is 3. The summed E-state index contributed by atoms with van der Waals surface area (Å²) in [5, 5.41) is 38.1. The Balaban J connectivity index is 0.000000241. The number of amides is 4. The van der Waals surface area contributed by atoms with Crippen molar-refractivity contribution < 1.29 is 63.3 Å². The van der Waals surface area contributed by atoms with Gasteiger partial charge in [0.15, 0.2) is 11.6 Å². The third-order valence-electron chi connectivity index (χ3n) is 10.5. The number of carboxylic acids is 3. The molecule has 0 spiro atoms. The molecule has 0 saturated carbocycles. The predicted molar refractivity (Wildman–Crippen MR) is 253 cm³/mol. The molecule has 0 radical (unpaired) electrons. The summed E-state index contributed by atoms with van der Waals surface area (Å²) in [6.07, 6.45) is 1.62. The van der Waals surface area contributed by atoms with E-state index >= 15 is 0 Å². The molecule has 7 rings (SSSR count). The highest BCUT2D eigenvalue weighted by atomic mass is 16.4. The lowest BCUT2D eigenvalue weighted by molar-refractivity contribution is -0.140. The van der Waals surface area contributed by atoms with E-state index in [4.69, 9.17) is 15.3 Å². The Labute approximate surface area is 418 Å². The van der Waals surface area contributed by atoms with Crippen molar-refractivity contribution in [3.63, 3.8) is 0 Å². The standard InChI is InChI=1S/C10H13N3O2.2C10H14N2O3.C8H10N4O2.C8H11N3O3/c1-6-8(12-7(2)11-6)5-13-9(14)3-4-10(13)15;2*1-6-9(12-7(2)11-6)5-8(13)3-4-10(14)15;1-5-9-6(11-10-5)4-12-7(13)2-3-8(12)14;1-5-9-7(11-10-5)4-6(12)2-3-8(13)14/h3-5H2,1-2H3,(H,11,12);2*3-5H2,1-2H3,(H,11,12)(H,14,15);2-4H2,1H3,(H,9,10,11);2-4H2,1H3,(H,13,14)(H,9,10,11). The van der Waals surface area contributed by atoms with Gasteiger partial charge in [-0.05, 0) is 55.4 Å². The summed E-state index contributed by atoms with van der Waals surface area (Å²) in [7, 11) is 0. The number of hydrogen-bond donors (Lipinski definition) is 8. The van der Waals surface area contributed by atoms with E-state index in [1.54, 1.807) is 13.8 Å². The zero-order chi connectivity index (χ0) is 54.5. The van der Waals surface area contributed by atoms with Gasteiger partial charge in [0.05, 0.1) is 68.7 Å². The quantitative estimate of drug-likeness (QED) is 0.0551. The Morgan fingerprint density at radius 2 is 0.726 bits per heavy atom. The van der Waals surface area contributed by atoms with Crippen LogP contribution in [0.3, 0.4) is 0 Å². The minimum Gasteiger partial charge on any atom is -0.481 e. The summed E-state index contributed by atoms with van der Waals surface area (Å²) in [4.78, 5) is 142. The van der Waals surface area contributed by atoms with Crippen LogP contribution in [-0.4, -0.2) is 144 Å². The number of Topliss-reactive ketones (excluding diaryl/α,β-unsaturated/α-hetero) is 3. The number of aromatic nitrogens is 12. The van der Waals surface area contributed by atoms with E-state index in [-0.39, 0.29) is 105 Å². The van der Waals surface area contributed by atoms with Gasteiger partial charge in [0.2, 0.25) is 23.6 Å². The first-order chi connectivity index (χ1) is 34.3. The maximum Gasteiger partial charge on any atom is 0.303 e. The molecule has 2 aliphatic rings. The zero-order valence-electron chi connectivity index (χ0n) is 42.1. The average molecular weight is 1020 g/mol. The van der Waals surface area contributed by atoms with Crippen LogP contribution in [-0.2, 0) is 80.3 Å². The number of ketones is 3. The van der Waals surface area contributed by atoms with Gasteiger partial charge in [-0.25, -0.2) is 24.9 Å². The molecule has 7 heterocycles. The molecule has 2 fully saturated rings. The van der Waals surface area contributed by atoms with E-state index in [0.717, 1.165) is 40.2 Å². The van der Waals surface area contributed by atoms with E-state index in [0.29, 0.717) is 66.9 Å². The van der Waals surface area contributed by atoms with Gasteiger partial charge in [-0.2, -0.15) is 10.2 Å². The lowest BCUT2D eigenvalue weighted by atomic mass is 10.1. The van der Waals surface area contributed by atoms with Crippen LogP contribution in [0.4, 0.5) is 0 Å². The fourth-order valence-corrected chi connectivity index (χ4v) is 6.84. The van der Waals surface area contributed by atoms with E-state index in [1.165, 1.54) is 9.80 Å². The van der Waals surface area contributed by atoms with E-state index < -0.39 is 17.9 Å². The van der Waals surface area contributed by atoms with Crippen molar-refractivity contribution in [1.82, 2.24) is 70.1 Å². The number of carboxylic acid groups (broad SMARTS) is 3. The number of aliphatic carboxylic acids is 3. The third kappa shape index (κ3) is 21.2. The molecule has 27 nitrogen and oxygen atoms in total. The second-order valence-corrected chi connectivity index (χ2v) is 16.9. The molecule has 5 aromatic rings. The van der Waals surface area contributed by atoms with Crippen molar-refractivity contribution >= 4 is 58.9 Å². The van der Waals surface area contributed by atoms with Crippen LogP contribution >= 0.6 is 0 Å². The first kappa shape index (κ1) is 58.9. The molecule has 0 atom stereocenters. The Morgan fingerprint density at radius 1 is 0.411 bits per heavy atom. The van der Waals surface area contributed by atoms with Crippen LogP contribution in [0.1, 0.15) is 139 Å². The molecule has 0 aromatic carbocycles. The number of carbonyl (C=O) groups excluding carboxylic acids is 7. The number of likely N-dealkylation sites (tertiary alicyclic amines) is 2. The minimum atomic E-state index is -0.968. The van der Waals surface area contributed by atoms with Crippen molar-refractivity contribution in [2.45, 2.75) is 152 Å². The van der Waals surface area contributed by atoms with Gasteiger partial charge in [-0.3, -0.25) is 67.9 Å². The van der Waals surface area contributed by atoms with Crippen molar-refractivity contribution in [2.24, 2.45) is 0 Å². The summed E-state index contributed by atoms with van der Waals surface area (Å²) in [6, 6.07) is 0. The highest BCUT2D eigenvalue weighted by Gasteiger charge is 2.31. The van der Waals surface area contributed by atoms with Crippen LogP contribution in [0, 0.1) is 55.4 Å². The van der Waals surface area contributed by atoms with Crippen molar-refractivity contribution in [3.05, 3.63) is 74.9 Å². The summed E-state index contributed by atoms with van der Waals surface area (Å²) in [5.41, 5.74) is 4.86. The van der Waals surface area contributed by atoms with Crippen molar-refractivity contribution in [2.75, 3.05) is 0 Å². The number of hydrogen-bond acceptors (Lipinski definition) is 17.